The minimum atomic E-state index is -5.08. The Morgan fingerprint density at radius 3 is 1.71 bits per heavy atom. The molecule has 0 saturated heterocycles. The summed E-state index contributed by atoms with van der Waals surface area (Å²) in [7, 11) is 0. The molecular weight excluding hydrogens is 237 g/mol. The summed E-state index contributed by atoms with van der Waals surface area (Å²) in [5, 5.41) is 7.12. The van der Waals surface area contributed by atoms with E-state index in [9.17, 15) is 13.2 Å². The highest BCUT2D eigenvalue weighted by Crippen LogP contribution is 2.13. The van der Waals surface area contributed by atoms with Gasteiger partial charge in [-0.3, -0.25) is 9.97 Å². The summed E-state index contributed by atoms with van der Waals surface area (Å²) in [6, 6.07) is 7.80. The molecule has 1 aromatic carbocycles. The monoisotopic (exact) mass is 244 g/mol. The van der Waals surface area contributed by atoms with Gasteiger partial charge in [0.1, 0.15) is 0 Å². The zero-order chi connectivity index (χ0) is 12.9. The van der Waals surface area contributed by atoms with E-state index in [-0.39, 0.29) is 0 Å². The van der Waals surface area contributed by atoms with Crippen LogP contribution in [0.15, 0.2) is 36.7 Å². The molecule has 2 rings (SSSR count). The summed E-state index contributed by atoms with van der Waals surface area (Å²) in [6.07, 6.45) is -1.69. The molecule has 1 aromatic heterocycles. The number of halogens is 3. The Bertz CT molecular complexity index is 449. The molecule has 0 unspecified atom stereocenters. The molecule has 1 N–H and O–H groups in total. The van der Waals surface area contributed by atoms with Gasteiger partial charge in [0.25, 0.3) is 0 Å². The summed E-state index contributed by atoms with van der Waals surface area (Å²) in [5.74, 6) is -2.76. The van der Waals surface area contributed by atoms with Gasteiger partial charge in [-0.05, 0) is 12.1 Å². The van der Waals surface area contributed by atoms with Gasteiger partial charge < -0.3 is 5.11 Å². The fourth-order valence-electron chi connectivity index (χ4n) is 0.910. The average Bonchev–Trinajstić information content (AvgIpc) is 2.29. The lowest BCUT2D eigenvalue weighted by atomic mass is 10.3. The number of aliphatic carboxylic acids is 1. The average molecular weight is 244 g/mol. The van der Waals surface area contributed by atoms with Crippen molar-refractivity contribution in [2.45, 2.75) is 6.18 Å². The van der Waals surface area contributed by atoms with E-state index in [1.54, 1.807) is 12.4 Å². The van der Waals surface area contributed by atoms with Crippen molar-refractivity contribution < 1.29 is 23.1 Å². The van der Waals surface area contributed by atoms with E-state index in [4.69, 9.17) is 9.90 Å². The van der Waals surface area contributed by atoms with Crippen molar-refractivity contribution in [1.29, 1.82) is 0 Å². The second kappa shape index (κ2) is 5.24. The molecule has 2 aromatic rings. The summed E-state index contributed by atoms with van der Waals surface area (Å²) in [5.41, 5.74) is 1.90. The summed E-state index contributed by atoms with van der Waals surface area (Å²) in [6.45, 7) is 0. The zero-order valence-electron chi connectivity index (χ0n) is 8.35. The second-order valence-electron chi connectivity index (χ2n) is 2.85. The zero-order valence-corrected chi connectivity index (χ0v) is 8.35. The van der Waals surface area contributed by atoms with Crippen molar-refractivity contribution in [2.75, 3.05) is 0 Å². The van der Waals surface area contributed by atoms with Crippen LogP contribution < -0.4 is 0 Å². The Balaban J connectivity index is 0.000000185. The molecule has 0 aliphatic carbocycles. The largest absolute Gasteiger partial charge is 0.490 e. The number of para-hydroxylation sites is 2. The topological polar surface area (TPSA) is 63.1 Å². The van der Waals surface area contributed by atoms with E-state index in [0.717, 1.165) is 11.0 Å². The molecule has 0 spiro atoms. The van der Waals surface area contributed by atoms with Crippen LogP contribution in [0.4, 0.5) is 13.2 Å². The van der Waals surface area contributed by atoms with Gasteiger partial charge in [0.15, 0.2) is 0 Å². The van der Waals surface area contributed by atoms with Crippen LogP contribution in [0.25, 0.3) is 11.0 Å². The van der Waals surface area contributed by atoms with Gasteiger partial charge in [0.2, 0.25) is 0 Å². The molecule has 0 fully saturated rings. The number of hydrogen-bond donors (Lipinski definition) is 1. The fourth-order valence-corrected chi connectivity index (χ4v) is 0.910. The van der Waals surface area contributed by atoms with Crippen molar-refractivity contribution in [3.63, 3.8) is 0 Å². The van der Waals surface area contributed by atoms with Gasteiger partial charge in [-0.2, -0.15) is 13.2 Å². The number of aromatic nitrogens is 2. The summed E-state index contributed by atoms with van der Waals surface area (Å²) in [4.78, 5) is 17.1. The SMILES string of the molecule is O=C(O)C(F)(F)F.c1ccc2nccnc2c1. The maximum Gasteiger partial charge on any atom is 0.490 e. The standard InChI is InChI=1S/C8H6N2.C2HF3O2/c1-2-4-8-7(3-1)9-5-6-10-8;3-2(4,5)1(6)7/h1-6H;(H,6,7). The number of alkyl halides is 3. The first-order valence-electron chi connectivity index (χ1n) is 4.37. The number of carbonyl (C=O) groups is 1. The van der Waals surface area contributed by atoms with Crippen molar-refractivity contribution in [1.82, 2.24) is 9.97 Å². The van der Waals surface area contributed by atoms with Crippen LogP contribution in [0.2, 0.25) is 0 Å². The molecule has 0 atom stereocenters. The molecule has 17 heavy (non-hydrogen) atoms. The molecule has 90 valence electrons. The van der Waals surface area contributed by atoms with Crippen LogP contribution in [0.5, 0.6) is 0 Å². The van der Waals surface area contributed by atoms with E-state index >= 15 is 0 Å². The fraction of sp³-hybridized carbons (Fsp3) is 0.100. The predicted molar refractivity (Wildman–Crippen MR) is 53.2 cm³/mol. The molecule has 4 nitrogen and oxygen atoms in total. The number of carboxylic acids is 1. The van der Waals surface area contributed by atoms with Gasteiger partial charge >= 0.3 is 12.1 Å². The number of rotatable bonds is 0. The highest BCUT2D eigenvalue weighted by Gasteiger charge is 2.38. The lowest BCUT2D eigenvalue weighted by Crippen LogP contribution is -2.21. The molecular formula is C10H7F3N2O2. The molecule has 0 aliphatic rings. The molecule has 0 saturated carbocycles. The Hall–Kier alpha value is -2.18. The third-order valence-electron chi connectivity index (χ3n) is 1.62. The van der Waals surface area contributed by atoms with Gasteiger partial charge in [0.05, 0.1) is 11.0 Å². The van der Waals surface area contributed by atoms with E-state index in [1.807, 2.05) is 24.3 Å². The van der Waals surface area contributed by atoms with Gasteiger partial charge in [-0.1, -0.05) is 12.1 Å². The normalized spacial score (nSPS) is 10.5. The smallest absolute Gasteiger partial charge is 0.475 e. The van der Waals surface area contributed by atoms with Gasteiger partial charge in [-0.15, -0.1) is 0 Å². The number of fused-ring (bicyclic) bond motifs is 1. The second-order valence-corrected chi connectivity index (χ2v) is 2.85. The first-order valence-corrected chi connectivity index (χ1v) is 4.37. The highest BCUT2D eigenvalue weighted by molar-refractivity contribution is 5.73. The minimum absolute atomic E-state index is 0.949. The highest BCUT2D eigenvalue weighted by atomic mass is 19.4. The quantitative estimate of drug-likeness (QED) is 0.772. The van der Waals surface area contributed by atoms with Crippen LogP contribution in [0.3, 0.4) is 0 Å². The summed E-state index contributed by atoms with van der Waals surface area (Å²) >= 11 is 0. The molecule has 0 radical (unpaired) electrons. The molecule has 1 heterocycles. The maximum atomic E-state index is 10.6. The van der Waals surface area contributed by atoms with Crippen LogP contribution in [0, 0.1) is 0 Å². The maximum absolute atomic E-state index is 10.6. The Kier molecular flexibility index (Phi) is 3.97. The Labute approximate surface area is 93.7 Å². The first-order chi connectivity index (χ1) is 7.91. The third-order valence-corrected chi connectivity index (χ3v) is 1.62. The van der Waals surface area contributed by atoms with Crippen LogP contribution >= 0.6 is 0 Å². The molecule has 0 aliphatic heterocycles. The lowest BCUT2D eigenvalue weighted by Gasteiger charge is -1.93. The minimum Gasteiger partial charge on any atom is -0.475 e. The Morgan fingerprint density at radius 1 is 1.06 bits per heavy atom. The van der Waals surface area contributed by atoms with Crippen LogP contribution in [-0.2, 0) is 4.79 Å². The lowest BCUT2D eigenvalue weighted by molar-refractivity contribution is -0.192. The number of carboxylic acid groups (broad SMARTS) is 1. The van der Waals surface area contributed by atoms with Crippen LogP contribution in [0.1, 0.15) is 0 Å². The van der Waals surface area contributed by atoms with Crippen molar-refractivity contribution >= 4 is 17.0 Å². The van der Waals surface area contributed by atoms with Crippen LogP contribution in [-0.4, -0.2) is 27.2 Å². The predicted octanol–water partition coefficient (Wildman–Crippen LogP) is 2.26. The van der Waals surface area contributed by atoms with Gasteiger partial charge in [-0.25, -0.2) is 4.79 Å². The van der Waals surface area contributed by atoms with Gasteiger partial charge in [0, 0.05) is 12.4 Å². The van der Waals surface area contributed by atoms with Crippen molar-refractivity contribution in [3.8, 4) is 0 Å². The van der Waals surface area contributed by atoms with E-state index in [2.05, 4.69) is 9.97 Å². The number of benzene rings is 1. The molecule has 0 amide bonds. The van der Waals surface area contributed by atoms with E-state index in [1.165, 1.54) is 0 Å². The van der Waals surface area contributed by atoms with E-state index < -0.39 is 12.1 Å². The number of hydrogen-bond acceptors (Lipinski definition) is 3. The van der Waals surface area contributed by atoms with E-state index in [0.29, 0.717) is 0 Å². The Morgan fingerprint density at radius 2 is 1.41 bits per heavy atom. The number of nitrogens with zero attached hydrogens (tertiary/aromatic N) is 2. The van der Waals surface area contributed by atoms with Crippen molar-refractivity contribution in [3.05, 3.63) is 36.7 Å². The molecule has 7 heteroatoms. The third kappa shape index (κ3) is 4.06. The molecule has 0 bridgehead atoms. The van der Waals surface area contributed by atoms with Crippen molar-refractivity contribution in [2.24, 2.45) is 0 Å². The first kappa shape index (κ1) is 12.9. The summed E-state index contributed by atoms with van der Waals surface area (Å²) < 4.78 is 31.7.